The molecule has 0 radical (unpaired) electrons. The van der Waals surface area contributed by atoms with E-state index in [2.05, 4.69) is 11.0 Å². The molecule has 0 atom stereocenters. The minimum Gasteiger partial charge on any atom is -0.382 e. The molecule has 2 nitrogen and oxygen atoms in total. The lowest BCUT2D eigenvalue weighted by atomic mass is 10.4. The highest BCUT2D eigenvalue weighted by atomic mass is 16.5. The van der Waals surface area contributed by atoms with Gasteiger partial charge in [0.1, 0.15) is 0 Å². The van der Waals surface area contributed by atoms with Crippen molar-refractivity contribution in [2.24, 2.45) is 0 Å². The molecular weight excluding hydrogens is 114 g/mol. The first-order chi connectivity index (χ1) is 4.50. The predicted molar refractivity (Wildman–Crippen MR) is 36.1 cm³/mol. The van der Waals surface area contributed by atoms with Gasteiger partial charge in [-0.3, -0.25) is 0 Å². The second kappa shape index (κ2) is 4.19. The van der Waals surface area contributed by atoms with E-state index < -0.39 is 0 Å². The molecule has 1 aliphatic rings. The van der Waals surface area contributed by atoms with E-state index in [9.17, 15) is 0 Å². The van der Waals surface area contributed by atoms with Crippen LogP contribution >= 0.6 is 0 Å². The van der Waals surface area contributed by atoms with Crippen LogP contribution in [0.3, 0.4) is 0 Å². The van der Waals surface area contributed by atoms with Gasteiger partial charge in [-0.25, -0.2) is 0 Å². The number of rotatable bonds is 0. The maximum absolute atomic E-state index is 5.20. The highest BCUT2D eigenvalue weighted by Crippen LogP contribution is 1.84. The van der Waals surface area contributed by atoms with E-state index in [1.165, 1.54) is 0 Å². The molecule has 0 saturated carbocycles. The summed E-state index contributed by atoms with van der Waals surface area (Å²) in [6.07, 6.45) is 4.77. The highest BCUT2D eigenvalue weighted by Gasteiger charge is 1.85. The molecule has 1 aliphatic heterocycles. The van der Waals surface area contributed by atoms with Crippen LogP contribution < -0.4 is 5.32 Å². The van der Waals surface area contributed by atoms with Crippen LogP contribution in [-0.2, 0) is 4.74 Å². The molecule has 0 aliphatic carbocycles. The number of hydrogen-bond acceptors (Lipinski definition) is 2. The zero-order valence-corrected chi connectivity index (χ0v) is 5.39. The number of nitrogens with one attached hydrogen (secondary N) is 1. The fourth-order valence-corrected chi connectivity index (χ4v) is 0.649. The Morgan fingerprint density at radius 1 is 1.44 bits per heavy atom. The zero-order valence-electron chi connectivity index (χ0n) is 5.39. The van der Waals surface area contributed by atoms with E-state index in [0.29, 0.717) is 0 Å². The van der Waals surface area contributed by atoms with Gasteiger partial charge in [-0.1, -0.05) is 0 Å². The quantitative estimate of drug-likeness (QED) is 0.480. The lowest BCUT2D eigenvalue weighted by Gasteiger charge is -1.98. The summed E-state index contributed by atoms with van der Waals surface area (Å²) in [7, 11) is 0. The third-order valence-electron chi connectivity index (χ3n) is 1.10. The SMILES string of the molecule is C1=CCCOCCNC=1. The van der Waals surface area contributed by atoms with E-state index in [-0.39, 0.29) is 0 Å². The maximum atomic E-state index is 5.20. The van der Waals surface area contributed by atoms with Gasteiger partial charge in [-0.15, -0.1) is 5.73 Å². The molecule has 0 bridgehead atoms. The summed E-state index contributed by atoms with van der Waals surface area (Å²) < 4.78 is 5.20. The van der Waals surface area contributed by atoms with Gasteiger partial charge >= 0.3 is 0 Å². The Balaban J connectivity index is 2.29. The summed E-state index contributed by atoms with van der Waals surface area (Å²) >= 11 is 0. The van der Waals surface area contributed by atoms with E-state index in [1.807, 2.05) is 12.3 Å². The van der Waals surface area contributed by atoms with Gasteiger partial charge in [-0.05, 0) is 12.5 Å². The Hall–Kier alpha value is -0.720. The molecule has 0 saturated heterocycles. The van der Waals surface area contributed by atoms with Crippen LogP contribution in [0.5, 0.6) is 0 Å². The van der Waals surface area contributed by atoms with Crippen molar-refractivity contribution in [2.45, 2.75) is 6.42 Å². The average Bonchev–Trinajstić information content (AvgIpc) is 2.00. The normalized spacial score (nSPS) is 19.6. The van der Waals surface area contributed by atoms with Gasteiger partial charge in [-0.2, -0.15) is 0 Å². The van der Waals surface area contributed by atoms with Crippen molar-refractivity contribution in [3.05, 3.63) is 18.0 Å². The van der Waals surface area contributed by atoms with E-state index >= 15 is 0 Å². The van der Waals surface area contributed by atoms with Gasteiger partial charge in [0.25, 0.3) is 0 Å². The summed E-state index contributed by atoms with van der Waals surface area (Å²) in [5, 5.41) is 3.03. The fraction of sp³-hybridized carbons (Fsp3) is 0.571. The smallest absolute Gasteiger partial charge is 0.0639 e. The van der Waals surface area contributed by atoms with Crippen molar-refractivity contribution in [1.29, 1.82) is 0 Å². The summed E-state index contributed by atoms with van der Waals surface area (Å²) in [6.45, 7) is 2.51. The Bertz CT molecular complexity index is 113. The van der Waals surface area contributed by atoms with Crippen molar-refractivity contribution in [2.75, 3.05) is 19.8 Å². The van der Waals surface area contributed by atoms with Gasteiger partial charge in [0.05, 0.1) is 13.2 Å². The van der Waals surface area contributed by atoms with Crippen molar-refractivity contribution in [3.63, 3.8) is 0 Å². The molecule has 9 heavy (non-hydrogen) atoms. The second-order valence-electron chi connectivity index (χ2n) is 1.87. The van der Waals surface area contributed by atoms with Crippen LogP contribution in [0.15, 0.2) is 18.0 Å². The first-order valence-electron chi connectivity index (χ1n) is 3.21. The molecule has 1 heterocycles. The standard InChI is InChI=1S/C7H11NO/c1-2-4-8-5-7-9-6-3-1/h1,4,8H,3,5-7H2. The highest BCUT2D eigenvalue weighted by molar-refractivity contribution is 4.83. The third-order valence-corrected chi connectivity index (χ3v) is 1.10. The van der Waals surface area contributed by atoms with Crippen LogP contribution in [-0.4, -0.2) is 19.8 Å². The Kier molecular flexibility index (Phi) is 2.98. The molecule has 0 amide bonds. The largest absolute Gasteiger partial charge is 0.382 e. The minimum absolute atomic E-state index is 0.798. The van der Waals surface area contributed by atoms with Crippen molar-refractivity contribution < 1.29 is 4.74 Å². The summed E-state index contributed by atoms with van der Waals surface area (Å²) in [4.78, 5) is 0. The van der Waals surface area contributed by atoms with Crippen LogP contribution in [0.4, 0.5) is 0 Å². The van der Waals surface area contributed by atoms with Crippen LogP contribution in [0.1, 0.15) is 6.42 Å². The molecule has 0 aromatic heterocycles. The molecule has 0 aromatic rings. The van der Waals surface area contributed by atoms with Crippen LogP contribution in [0.25, 0.3) is 0 Å². The van der Waals surface area contributed by atoms with Gasteiger partial charge in [0.2, 0.25) is 0 Å². The molecule has 2 heteroatoms. The number of hydrogen-bond donors (Lipinski definition) is 1. The molecule has 1 rings (SSSR count). The maximum Gasteiger partial charge on any atom is 0.0639 e. The molecule has 50 valence electrons. The molecule has 0 unspecified atom stereocenters. The Morgan fingerprint density at radius 3 is 3.44 bits per heavy atom. The van der Waals surface area contributed by atoms with E-state index in [4.69, 9.17) is 4.74 Å². The molecule has 0 aromatic carbocycles. The second-order valence-corrected chi connectivity index (χ2v) is 1.87. The van der Waals surface area contributed by atoms with Gasteiger partial charge in [0.15, 0.2) is 0 Å². The van der Waals surface area contributed by atoms with E-state index in [0.717, 1.165) is 26.2 Å². The third kappa shape index (κ3) is 2.96. The van der Waals surface area contributed by atoms with E-state index in [1.54, 1.807) is 0 Å². The van der Waals surface area contributed by atoms with Crippen molar-refractivity contribution >= 4 is 0 Å². The molecule has 0 fully saturated rings. The van der Waals surface area contributed by atoms with Gasteiger partial charge in [0, 0.05) is 12.7 Å². The average molecular weight is 125 g/mol. The predicted octanol–water partition coefficient (Wildman–Crippen LogP) is 0.665. The lowest BCUT2D eigenvalue weighted by molar-refractivity contribution is 0.143. The summed E-state index contributed by atoms with van der Waals surface area (Å²) in [5.41, 5.74) is 2.99. The van der Waals surface area contributed by atoms with Gasteiger partial charge < -0.3 is 10.1 Å². The summed E-state index contributed by atoms with van der Waals surface area (Å²) in [6, 6.07) is 0. The molecular formula is C7H11NO. The lowest BCUT2D eigenvalue weighted by Crippen LogP contribution is -2.12. The van der Waals surface area contributed by atoms with Crippen LogP contribution in [0.2, 0.25) is 0 Å². The number of ether oxygens (including phenoxy) is 1. The Morgan fingerprint density at radius 2 is 2.44 bits per heavy atom. The monoisotopic (exact) mass is 125 g/mol. The van der Waals surface area contributed by atoms with Crippen molar-refractivity contribution in [1.82, 2.24) is 5.32 Å². The Labute approximate surface area is 55.2 Å². The topological polar surface area (TPSA) is 21.3 Å². The minimum atomic E-state index is 0.798. The molecule has 0 spiro atoms. The first kappa shape index (κ1) is 6.40. The summed E-state index contributed by atoms with van der Waals surface area (Å²) in [5.74, 6) is 0. The van der Waals surface area contributed by atoms with Crippen molar-refractivity contribution in [3.8, 4) is 0 Å². The first-order valence-corrected chi connectivity index (χ1v) is 3.21. The fourth-order valence-electron chi connectivity index (χ4n) is 0.649. The molecule has 1 N–H and O–H groups in total. The zero-order chi connectivity index (χ0) is 6.36. The van der Waals surface area contributed by atoms with Crippen LogP contribution in [0, 0.1) is 0 Å².